The molecule has 0 aliphatic heterocycles. The van der Waals surface area contributed by atoms with Crippen molar-refractivity contribution in [3.63, 3.8) is 0 Å². The van der Waals surface area contributed by atoms with E-state index in [1.54, 1.807) is 11.6 Å². The summed E-state index contributed by atoms with van der Waals surface area (Å²) in [4.78, 5) is 0. The average Bonchev–Trinajstić information content (AvgIpc) is 2.74. The fourth-order valence-corrected chi connectivity index (χ4v) is 1.75. The van der Waals surface area contributed by atoms with Crippen molar-refractivity contribution in [3.05, 3.63) is 23.8 Å². The predicted octanol–water partition coefficient (Wildman–Crippen LogP) is 1.97. The van der Waals surface area contributed by atoms with Crippen LogP contribution < -0.4 is 11.1 Å². The second kappa shape index (κ2) is 4.77. The molecule has 1 aliphatic rings. The summed E-state index contributed by atoms with van der Waals surface area (Å²) in [6, 6.07) is 3.61. The number of nitrogens with zero attached hydrogens (tertiary/aromatic N) is 2. The first kappa shape index (κ1) is 9.96. The Morgan fingerprint density at radius 1 is 1.33 bits per heavy atom. The van der Waals surface area contributed by atoms with Gasteiger partial charge in [0.15, 0.2) is 0 Å². The zero-order valence-electron chi connectivity index (χ0n) is 8.74. The molecule has 1 heterocycles. The number of allylic oxidation sites excluding steroid dienone is 1. The molecule has 1 aliphatic carbocycles. The van der Waals surface area contributed by atoms with Gasteiger partial charge in [-0.15, -0.1) is 10.2 Å². The van der Waals surface area contributed by atoms with E-state index in [0.717, 1.165) is 18.8 Å². The average molecular weight is 204 g/mol. The molecule has 3 N–H and O–H groups in total. The molecule has 0 atom stereocenters. The van der Waals surface area contributed by atoms with E-state index in [4.69, 9.17) is 5.73 Å². The van der Waals surface area contributed by atoms with Crippen LogP contribution in [0.2, 0.25) is 0 Å². The highest BCUT2D eigenvalue weighted by Gasteiger charge is 2.03. The Morgan fingerprint density at radius 2 is 2.27 bits per heavy atom. The van der Waals surface area contributed by atoms with Crippen molar-refractivity contribution in [3.8, 4) is 0 Å². The smallest absolute Gasteiger partial charge is 0.148 e. The SMILES string of the molecule is Nc1ccc(NCCC2=CCCC2)nn1. The molecular weight excluding hydrogens is 188 g/mol. The standard InChI is InChI=1S/C11H16N4/c12-10-5-6-11(15-14-10)13-8-7-9-3-1-2-4-9/h3,5-6H,1-2,4,7-8H2,(H2,12,14)(H,13,15). The number of aromatic nitrogens is 2. The number of anilines is 2. The Hall–Kier alpha value is -1.58. The summed E-state index contributed by atoms with van der Waals surface area (Å²) in [5.74, 6) is 1.25. The van der Waals surface area contributed by atoms with Crippen molar-refractivity contribution in [1.82, 2.24) is 10.2 Å². The lowest BCUT2D eigenvalue weighted by molar-refractivity contribution is 0.859. The number of nitrogens with one attached hydrogen (secondary N) is 1. The lowest BCUT2D eigenvalue weighted by Crippen LogP contribution is -2.05. The van der Waals surface area contributed by atoms with Crippen molar-refractivity contribution in [2.45, 2.75) is 25.7 Å². The topological polar surface area (TPSA) is 63.8 Å². The minimum absolute atomic E-state index is 0.457. The van der Waals surface area contributed by atoms with Crippen LogP contribution in [0.3, 0.4) is 0 Å². The van der Waals surface area contributed by atoms with Crippen molar-refractivity contribution in [2.75, 3.05) is 17.6 Å². The van der Waals surface area contributed by atoms with Crippen LogP contribution in [-0.2, 0) is 0 Å². The Morgan fingerprint density at radius 3 is 2.93 bits per heavy atom. The van der Waals surface area contributed by atoms with E-state index < -0.39 is 0 Å². The van der Waals surface area contributed by atoms with Gasteiger partial charge in [-0.05, 0) is 37.8 Å². The zero-order chi connectivity index (χ0) is 10.5. The summed E-state index contributed by atoms with van der Waals surface area (Å²) >= 11 is 0. The molecule has 0 saturated carbocycles. The molecule has 1 aromatic rings. The fraction of sp³-hybridized carbons (Fsp3) is 0.455. The van der Waals surface area contributed by atoms with E-state index in [-0.39, 0.29) is 0 Å². The molecule has 2 rings (SSSR count). The van der Waals surface area contributed by atoms with Crippen LogP contribution in [0.25, 0.3) is 0 Å². The van der Waals surface area contributed by atoms with Crippen molar-refractivity contribution in [1.29, 1.82) is 0 Å². The van der Waals surface area contributed by atoms with Gasteiger partial charge in [-0.1, -0.05) is 11.6 Å². The van der Waals surface area contributed by atoms with E-state index >= 15 is 0 Å². The first-order valence-corrected chi connectivity index (χ1v) is 5.35. The Labute approximate surface area is 89.6 Å². The van der Waals surface area contributed by atoms with E-state index in [1.165, 1.54) is 19.3 Å². The van der Waals surface area contributed by atoms with Crippen LogP contribution in [0.4, 0.5) is 11.6 Å². The molecule has 0 unspecified atom stereocenters. The van der Waals surface area contributed by atoms with Gasteiger partial charge in [0, 0.05) is 6.54 Å². The third kappa shape index (κ3) is 2.94. The lowest BCUT2D eigenvalue weighted by Gasteiger charge is -2.05. The third-order valence-corrected chi connectivity index (χ3v) is 2.57. The first-order chi connectivity index (χ1) is 7.34. The van der Waals surface area contributed by atoms with E-state index in [1.807, 2.05) is 6.07 Å². The van der Waals surface area contributed by atoms with Gasteiger partial charge in [0.1, 0.15) is 11.6 Å². The van der Waals surface area contributed by atoms with Crippen LogP contribution in [0.15, 0.2) is 23.8 Å². The molecule has 80 valence electrons. The monoisotopic (exact) mass is 204 g/mol. The minimum Gasteiger partial charge on any atom is -0.382 e. The fourth-order valence-electron chi connectivity index (χ4n) is 1.75. The summed E-state index contributed by atoms with van der Waals surface area (Å²) < 4.78 is 0. The summed E-state index contributed by atoms with van der Waals surface area (Å²) in [5.41, 5.74) is 7.01. The minimum atomic E-state index is 0.457. The number of rotatable bonds is 4. The summed E-state index contributed by atoms with van der Waals surface area (Å²) in [6.45, 7) is 0.921. The Balaban J connectivity index is 1.75. The third-order valence-electron chi connectivity index (χ3n) is 2.57. The Bertz CT molecular complexity index is 342. The van der Waals surface area contributed by atoms with Gasteiger partial charge in [0.05, 0.1) is 0 Å². The van der Waals surface area contributed by atoms with Gasteiger partial charge in [0.25, 0.3) is 0 Å². The van der Waals surface area contributed by atoms with Crippen molar-refractivity contribution >= 4 is 11.6 Å². The maximum Gasteiger partial charge on any atom is 0.148 e. The van der Waals surface area contributed by atoms with E-state index in [0.29, 0.717) is 5.82 Å². The zero-order valence-corrected chi connectivity index (χ0v) is 8.74. The second-order valence-electron chi connectivity index (χ2n) is 3.77. The molecule has 1 aromatic heterocycles. The summed E-state index contributed by atoms with van der Waals surface area (Å²) in [5, 5.41) is 10.9. The lowest BCUT2D eigenvalue weighted by atomic mass is 10.2. The van der Waals surface area contributed by atoms with Crippen molar-refractivity contribution < 1.29 is 0 Å². The number of hydrogen-bond donors (Lipinski definition) is 2. The largest absolute Gasteiger partial charge is 0.382 e. The molecular formula is C11H16N4. The van der Waals surface area contributed by atoms with Crippen LogP contribution >= 0.6 is 0 Å². The normalized spacial score (nSPS) is 15.1. The van der Waals surface area contributed by atoms with Crippen LogP contribution in [-0.4, -0.2) is 16.7 Å². The highest BCUT2D eigenvalue weighted by molar-refractivity contribution is 5.38. The highest BCUT2D eigenvalue weighted by atomic mass is 15.2. The summed E-state index contributed by atoms with van der Waals surface area (Å²) in [6.07, 6.45) is 7.27. The van der Waals surface area contributed by atoms with Gasteiger partial charge in [-0.25, -0.2) is 0 Å². The number of nitrogen functional groups attached to an aromatic ring is 1. The van der Waals surface area contributed by atoms with Gasteiger partial charge < -0.3 is 11.1 Å². The quantitative estimate of drug-likeness (QED) is 0.736. The second-order valence-corrected chi connectivity index (χ2v) is 3.77. The number of hydrogen-bond acceptors (Lipinski definition) is 4. The molecule has 0 radical (unpaired) electrons. The molecule has 15 heavy (non-hydrogen) atoms. The van der Waals surface area contributed by atoms with E-state index in [9.17, 15) is 0 Å². The van der Waals surface area contributed by atoms with Crippen LogP contribution in [0.1, 0.15) is 25.7 Å². The van der Waals surface area contributed by atoms with Gasteiger partial charge in [-0.3, -0.25) is 0 Å². The van der Waals surface area contributed by atoms with Gasteiger partial charge >= 0.3 is 0 Å². The predicted molar refractivity (Wildman–Crippen MR) is 61.5 cm³/mol. The molecule has 0 amide bonds. The first-order valence-electron chi connectivity index (χ1n) is 5.35. The van der Waals surface area contributed by atoms with Crippen LogP contribution in [0, 0.1) is 0 Å². The molecule has 4 heteroatoms. The molecule has 0 spiro atoms. The van der Waals surface area contributed by atoms with Crippen LogP contribution in [0.5, 0.6) is 0 Å². The molecule has 0 saturated heterocycles. The van der Waals surface area contributed by atoms with Gasteiger partial charge in [0.2, 0.25) is 0 Å². The van der Waals surface area contributed by atoms with Crippen molar-refractivity contribution in [2.24, 2.45) is 0 Å². The van der Waals surface area contributed by atoms with Gasteiger partial charge in [-0.2, -0.15) is 0 Å². The molecule has 0 aromatic carbocycles. The summed E-state index contributed by atoms with van der Waals surface area (Å²) in [7, 11) is 0. The maximum atomic E-state index is 5.44. The molecule has 0 fully saturated rings. The molecule has 4 nitrogen and oxygen atoms in total. The molecule has 0 bridgehead atoms. The Kier molecular flexibility index (Phi) is 3.17. The van der Waals surface area contributed by atoms with E-state index in [2.05, 4.69) is 21.6 Å². The highest BCUT2D eigenvalue weighted by Crippen LogP contribution is 2.20. The maximum absolute atomic E-state index is 5.44. The number of nitrogens with two attached hydrogens (primary N) is 1.